The Labute approximate surface area is 166 Å². The average Bonchev–Trinajstić information content (AvgIpc) is 3.03. The molecule has 0 bridgehead atoms. The van der Waals surface area contributed by atoms with E-state index in [0.717, 1.165) is 11.3 Å². The molecule has 0 spiro atoms. The zero-order valence-electron chi connectivity index (χ0n) is 14.7. The van der Waals surface area contributed by atoms with E-state index in [9.17, 15) is 9.90 Å². The van der Waals surface area contributed by atoms with E-state index in [1.54, 1.807) is 30.3 Å². The summed E-state index contributed by atoms with van der Waals surface area (Å²) in [5.41, 5.74) is 1.51. The monoisotopic (exact) mass is 388 g/mol. The summed E-state index contributed by atoms with van der Waals surface area (Å²) < 4.78 is 5.84. The van der Waals surface area contributed by atoms with Crippen molar-refractivity contribution in [2.24, 2.45) is 4.99 Å². The Morgan fingerprint density at radius 2 is 1.68 bits per heavy atom. The van der Waals surface area contributed by atoms with E-state index in [-0.39, 0.29) is 11.7 Å². The normalized spacial score (nSPS) is 16.4. The van der Waals surface area contributed by atoms with Crippen LogP contribution in [-0.4, -0.2) is 16.2 Å². The number of benzene rings is 3. The fraction of sp³-hybridized carbons (Fsp3) is 0. The van der Waals surface area contributed by atoms with Crippen LogP contribution in [-0.2, 0) is 4.79 Å². The lowest BCUT2D eigenvalue weighted by Gasteiger charge is -2.06. The van der Waals surface area contributed by atoms with Gasteiger partial charge < -0.3 is 15.2 Å². The summed E-state index contributed by atoms with van der Waals surface area (Å²) in [7, 11) is 0. The number of phenols is 1. The van der Waals surface area contributed by atoms with Crippen LogP contribution >= 0.6 is 11.8 Å². The number of hydrogen-bond donors (Lipinski definition) is 2. The highest BCUT2D eigenvalue weighted by Crippen LogP contribution is 2.30. The molecule has 28 heavy (non-hydrogen) atoms. The second kappa shape index (κ2) is 8.02. The molecule has 0 aromatic heterocycles. The minimum Gasteiger partial charge on any atom is -0.508 e. The number of carbonyl (C=O) groups is 1. The number of carbonyl (C=O) groups excluding carboxylic acids is 1. The number of para-hydroxylation sites is 1. The van der Waals surface area contributed by atoms with Gasteiger partial charge in [-0.3, -0.25) is 4.79 Å². The van der Waals surface area contributed by atoms with Crippen molar-refractivity contribution in [3.63, 3.8) is 0 Å². The molecule has 138 valence electrons. The lowest BCUT2D eigenvalue weighted by molar-refractivity contribution is -0.115. The Kier molecular flexibility index (Phi) is 5.12. The van der Waals surface area contributed by atoms with E-state index in [1.807, 2.05) is 54.6 Å². The third kappa shape index (κ3) is 4.42. The molecule has 1 heterocycles. The maximum absolute atomic E-state index is 12.3. The first-order chi connectivity index (χ1) is 13.7. The Bertz CT molecular complexity index is 1060. The quantitative estimate of drug-likeness (QED) is 0.612. The smallest absolute Gasteiger partial charge is 0.264 e. The molecule has 0 aliphatic carbocycles. The fourth-order valence-electron chi connectivity index (χ4n) is 2.57. The molecule has 0 radical (unpaired) electrons. The molecule has 1 amide bonds. The Morgan fingerprint density at radius 3 is 2.46 bits per heavy atom. The zero-order chi connectivity index (χ0) is 19.3. The molecule has 5 nitrogen and oxygen atoms in total. The summed E-state index contributed by atoms with van der Waals surface area (Å²) in [6.45, 7) is 0. The van der Waals surface area contributed by atoms with Gasteiger partial charge in [-0.25, -0.2) is 4.99 Å². The summed E-state index contributed by atoms with van der Waals surface area (Å²) in [6.07, 6.45) is 1.80. The Morgan fingerprint density at radius 1 is 0.929 bits per heavy atom. The molecule has 2 N–H and O–H groups in total. The topological polar surface area (TPSA) is 70.9 Å². The lowest BCUT2D eigenvalue weighted by atomic mass is 10.2. The van der Waals surface area contributed by atoms with Gasteiger partial charge in [-0.2, -0.15) is 0 Å². The zero-order valence-corrected chi connectivity index (χ0v) is 15.5. The van der Waals surface area contributed by atoms with E-state index >= 15 is 0 Å². The first kappa shape index (κ1) is 17.9. The average molecular weight is 388 g/mol. The first-order valence-electron chi connectivity index (χ1n) is 8.57. The maximum atomic E-state index is 12.3. The number of nitrogens with one attached hydrogen (secondary N) is 1. The van der Waals surface area contributed by atoms with Crippen molar-refractivity contribution in [3.05, 3.63) is 89.3 Å². The number of nitrogens with zero attached hydrogens (tertiary/aromatic N) is 1. The van der Waals surface area contributed by atoms with Gasteiger partial charge in [-0.1, -0.05) is 30.3 Å². The van der Waals surface area contributed by atoms with Crippen LogP contribution in [0.5, 0.6) is 17.2 Å². The fourth-order valence-corrected chi connectivity index (χ4v) is 3.41. The van der Waals surface area contributed by atoms with Crippen LogP contribution in [0.25, 0.3) is 6.08 Å². The number of amides is 1. The van der Waals surface area contributed by atoms with Crippen LogP contribution in [0.3, 0.4) is 0 Å². The van der Waals surface area contributed by atoms with E-state index < -0.39 is 0 Å². The molecular formula is C22H16N2O3S. The number of aliphatic imine (C=N–C) groups is 1. The van der Waals surface area contributed by atoms with Gasteiger partial charge in [0.05, 0.1) is 10.6 Å². The summed E-state index contributed by atoms with van der Waals surface area (Å²) in [6, 6.07) is 23.5. The second-order valence-corrected chi connectivity index (χ2v) is 7.02. The second-order valence-electron chi connectivity index (χ2n) is 5.99. The minimum atomic E-state index is -0.197. The number of thioether (sulfide) groups is 1. The number of ether oxygens (including phenoxy) is 1. The van der Waals surface area contributed by atoms with Crippen molar-refractivity contribution in [1.29, 1.82) is 0 Å². The van der Waals surface area contributed by atoms with E-state index in [1.165, 1.54) is 11.8 Å². The van der Waals surface area contributed by atoms with E-state index in [0.29, 0.717) is 21.5 Å². The molecule has 1 saturated heterocycles. The lowest BCUT2D eigenvalue weighted by Crippen LogP contribution is -2.19. The van der Waals surface area contributed by atoms with Gasteiger partial charge in [0.15, 0.2) is 5.17 Å². The Hall–Kier alpha value is -3.51. The highest BCUT2D eigenvalue weighted by atomic mass is 32.2. The molecule has 1 aliphatic rings. The molecular weight excluding hydrogens is 372 g/mol. The van der Waals surface area contributed by atoms with Crippen molar-refractivity contribution >= 4 is 34.6 Å². The predicted molar refractivity (Wildman–Crippen MR) is 112 cm³/mol. The number of amidine groups is 1. The molecule has 3 aromatic carbocycles. The number of rotatable bonds is 4. The minimum absolute atomic E-state index is 0.172. The largest absolute Gasteiger partial charge is 0.508 e. The summed E-state index contributed by atoms with van der Waals surface area (Å²) in [4.78, 5) is 17.2. The molecule has 3 aromatic rings. The van der Waals surface area contributed by atoms with Crippen LogP contribution in [0.4, 0.5) is 5.69 Å². The van der Waals surface area contributed by atoms with E-state index in [4.69, 9.17) is 4.74 Å². The van der Waals surface area contributed by atoms with Crippen molar-refractivity contribution in [2.75, 3.05) is 0 Å². The van der Waals surface area contributed by atoms with Crippen LogP contribution in [0.1, 0.15) is 5.56 Å². The molecule has 0 atom stereocenters. The first-order valence-corrected chi connectivity index (χ1v) is 9.39. The predicted octanol–water partition coefficient (Wildman–Crippen LogP) is 5.08. The number of aromatic hydroxyl groups is 1. The summed E-state index contributed by atoms with van der Waals surface area (Å²) in [5.74, 6) is 1.42. The highest BCUT2D eigenvalue weighted by molar-refractivity contribution is 8.18. The van der Waals surface area contributed by atoms with Gasteiger partial charge in [0.1, 0.15) is 17.2 Å². The molecule has 1 fully saturated rings. The van der Waals surface area contributed by atoms with Gasteiger partial charge in [0, 0.05) is 0 Å². The van der Waals surface area contributed by atoms with Gasteiger partial charge in [0.25, 0.3) is 5.91 Å². The standard InChI is InChI=1S/C22H16N2O3S/c25-17-11-9-16(10-12-17)23-22-24-21(26)20(28-22)14-15-5-4-8-19(13-15)27-18-6-2-1-3-7-18/h1-14,25H,(H,23,24,26). The van der Waals surface area contributed by atoms with Gasteiger partial charge in [-0.15, -0.1) is 0 Å². The van der Waals surface area contributed by atoms with Crippen molar-refractivity contribution in [2.45, 2.75) is 0 Å². The number of phenolic OH excluding ortho intramolecular Hbond substituents is 1. The van der Waals surface area contributed by atoms with Crippen LogP contribution in [0, 0.1) is 0 Å². The molecule has 0 unspecified atom stereocenters. The van der Waals surface area contributed by atoms with Crippen molar-refractivity contribution in [3.8, 4) is 17.2 Å². The van der Waals surface area contributed by atoms with Gasteiger partial charge in [0.2, 0.25) is 0 Å². The van der Waals surface area contributed by atoms with E-state index in [2.05, 4.69) is 10.3 Å². The summed E-state index contributed by atoms with van der Waals surface area (Å²) >= 11 is 1.27. The third-order valence-corrected chi connectivity index (χ3v) is 4.78. The molecule has 4 rings (SSSR count). The molecule has 0 saturated carbocycles. The number of hydrogen-bond acceptors (Lipinski definition) is 5. The Balaban J connectivity index is 1.51. The van der Waals surface area contributed by atoms with Crippen LogP contribution in [0.2, 0.25) is 0 Å². The van der Waals surface area contributed by atoms with Crippen LogP contribution in [0.15, 0.2) is 88.8 Å². The molecule has 1 aliphatic heterocycles. The highest BCUT2D eigenvalue weighted by Gasteiger charge is 2.23. The van der Waals surface area contributed by atoms with Crippen molar-refractivity contribution in [1.82, 2.24) is 5.32 Å². The van der Waals surface area contributed by atoms with Crippen LogP contribution < -0.4 is 10.1 Å². The summed E-state index contributed by atoms with van der Waals surface area (Å²) in [5, 5.41) is 12.6. The molecule has 6 heteroatoms. The van der Waals surface area contributed by atoms with Gasteiger partial charge >= 0.3 is 0 Å². The van der Waals surface area contributed by atoms with Gasteiger partial charge in [-0.05, 0) is 71.9 Å². The van der Waals surface area contributed by atoms with Crippen molar-refractivity contribution < 1.29 is 14.6 Å². The third-order valence-electron chi connectivity index (χ3n) is 3.87. The maximum Gasteiger partial charge on any atom is 0.264 e. The SMILES string of the molecule is O=C1NC(=Nc2ccc(O)cc2)SC1=Cc1cccc(Oc2ccccc2)c1.